The Kier molecular flexibility index (Phi) is 5.50. The number of hydrogen-bond acceptors (Lipinski definition) is 5. The van der Waals surface area contributed by atoms with E-state index in [0.717, 1.165) is 49.5 Å². The Balaban J connectivity index is 2.12. The first-order valence-corrected chi connectivity index (χ1v) is 10.3. The second-order valence-electron chi connectivity index (χ2n) is 6.36. The van der Waals surface area contributed by atoms with Crippen LogP contribution >= 0.6 is 0 Å². The quantitative estimate of drug-likeness (QED) is 0.867. The minimum atomic E-state index is -3.91. The van der Waals surface area contributed by atoms with Gasteiger partial charge in [-0.05, 0) is 24.2 Å². The summed E-state index contributed by atoms with van der Waals surface area (Å²) in [5.74, 6) is 0.287. The lowest BCUT2D eigenvalue weighted by Crippen LogP contribution is -2.46. The zero-order chi connectivity index (χ0) is 18.7. The van der Waals surface area contributed by atoms with Crippen LogP contribution in [0.2, 0.25) is 0 Å². The Morgan fingerprint density at radius 3 is 2.27 bits per heavy atom. The molecule has 2 aromatic rings. The summed E-state index contributed by atoms with van der Waals surface area (Å²) in [5, 5.41) is 5.49. The number of nitrogens with two attached hydrogens (primary N) is 1. The van der Waals surface area contributed by atoms with Gasteiger partial charge in [-0.1, -0.05) is 37.3 Å². The molecule has 0 saturated carbocycles. The van der Waals surface area contributed by atoms with Crippen LogP contribution in [0.3, 0.4) is 0 Å². The van der Waals surface area contributed by atoms with Gasteiger partial charge < -0.3 is 14.5 Å². The van der Waals surface area contributed by atoms with Gasteiger partial charge in [0.2, 0.25) is 10.0 Å². The highest BCUT2D eigenvalue weighted by atomic mass is 32.2. The molecule has 6 nitrogen and oxygen atoms in total. The normalized spacial score (nSPS) is 15.9. The number of methoxy groups -OCH3 is 1. The summed E-state index contributed by atoms with van der Waals surface area (Å²) >= 11 is 0. The summed E-state index contributed by atoms with van der Waals surface area (Å²) in [4.78, 5) is 4.60. The number of sulfonamides is 1. The van der Waals surface area contributed by atoms with Crippen molar-refractivity contribution in [2.45, 2.75) is 11.8 Å². The highest BCUT2D eigenvalue weighted by Crippen LogP contribution is 2.39. The molecule has 0 radical (unpaired) electrons. The predicted octanol–water partition coefficient (Wildman–Crippen LogP) is 2.15. The molecule has 7 heteroatoms. The molecular weight excluding hydrogens is 350 g/mol. The number of hydrogen-bond donors (Lipinski definition) is 1. The van der Waals surface area contributed by atoms with Crippen molar-refractivity contribution in [2.24, 2.45) is 5.14 Å². The largest absolute Gasteiger partial charge is 0.495 e. The molecule has 0 bridgehead atoms. The second kappa shape index (κ2) is 7.65. The Morgan fingerprint density at radius 2 is 1.73 bits per heavy atom. The fourth-order valence-corrected chi connectivity index (χ4v) is 4.08. The van der Waals surface area contributed by atoms with Crippen LogP contribution in [0, 0.1) is 0 Å². The van der Waals surface area contributed by atoms with E-state index in [4.69, 9.17) is 9.88 Å². The maximum absolute atomic E-state index is 12.2. The molecule has 0 spiro atoms. The average molecular weight is 375 g/mol. The SMILES string of the molecule is CCN1CCN(c2cc(-c3ccccc3)c(OC)c(S(N)(=O)=O)c2)CC1. The highest BCUT2D eigenvalue weighted by molar-refractivity contribution is 7.89. The van der Waals surface area contributed by atoms with Gasteiger partial charge in [-0.15, -0.1) is 0 Å². The minimum absolute atomic E-state index is 0.0225. The first kappa shape index (κ1) is 18.7. The van der Waals surface area contributed by atoms with Crippen molar-refractivity contribution in [1.29, 1.82) is 0 Å². The number of piperazine rings is 1. The van der Waals surface area contributed by atoms with Crippen LogP contribution in [0.5, 0.6) is 5.75 Å². The Morgan fingerprint density at radius 1 is 1.08 bits per heavy atom. The van der Waals surface area contributed by atoms with Gasteiger partial charge in [0.15, 0.2) is 0 Å². The zero-order valence-corrected chi connectivity index (χ0v) is 16.0. The van der Waals surface area contributed by atoms with Gasteiger partial charge in [-0.2, -0.15) is 0 Å². The zero-order valence-electron chi connectivity index (χ0n) is 15.2. The van der Waals surface area contributed by atoms with Gasteiger partial charge in [-0.3, -0.25) is 0 Å². The molecule has 2 aromatic carbocycles. The standard InChI is InChI=1S/C19H25N3O3S/c1-3-21-9-11-22(12-10-21)16-13-17(15-7-5-4-6-8-15)19(25-2)18(14-16)26(20,23)24/h4-8,13-14H,3,9-12H2,1-2H3,(H2,20,23,24). The molecule has 2 N–H and O–H groups in total. The van der Waals surface area contributed by atoms with Crippen LogP contribution in [0.15, 0.2) is 47.4 Å². The molecular formula is C19H25N3O3S. The lowest BCUT2D eigenvalue weighted by molar-refractivity contribution is 0.271. The molecule has 0 aliphatic carbocycles. The molecule has 0 amide bonds. The van der Waals surface area contributed by atoms with E-state index in [1.54, 1.807) is 6.07 Å². The predicted molar refractivity (Wildman–Crippen MR) is 104 cm³/mol. The Labute approximate surface area is 155 Å². The van der Waals surface area contributed by atoms with E-state index in [0.29, 0.717) is 0 Å². The van der Waals surface area contributed by atoms with Crippen molar-refractivity contribution in [1.82, 2.24) is 4.90 Å². The van der Waals surface area contributed by atoms with Crippen LogP contribution < -0.4 is 14.8 Å². The highest BCUT2D eigenvalue weighted by Gasteiger charge is 2.24. The summed E-state index contributed by atoms with van der Waals surface area (Å²) in [7, 11) is -2.45. The van der Waals surface area contributed by atoms with E-state index in [9.17, 15) is 8.42 Å². The molecule has 0 atom stereocenters. The summed E-state index contributed by atoms with van der Waals surface area (Å²) in [6.45, 7) is 6.77. The van der Waals surface area contributed by atoms with Gasteiger partial charge in [0.1, 0.15) is 10.6 Å². The molecule has 140 valence electrons. The fraction of sp³-hybridized carbons (Fsp3) is 0.368. The molecule has 1 aliphatic heterocycles. The number of rotatable bonds is 5. The molecule has 0 aromatic heterocycles. The molecule has 0 unspecified atom stereocenters. The first-order chi connectivity index (χ1) is 12.4. The fourth-order valence-electron chi connectivity index (χ4n) is 3.35. The maximum Gasteiger partial charge on any atom is 0.241 e. The van der Waals surface area contributed by atoms with E-state index < -0.39 is 10.0 Å². The lowest BCUT2D eigenvalue weighted by Gasteiger charge is -2.36. The molecule has 1 fully saturated rings. The lowest BCUT2D eigenvalue weighted by atomic mass is 10.0. The Bertz CT molecular complexity index is 861. The van der Waals surface area contributed by atoms with Crippen LogP contribution in [-0.2, 0) is 10.0 Å². The van der Waals surface area contributed by atoms with E-state index in [1.165, 1.54) is 7.11 Å². The van der Waals surface area contributed by atoms with E-state index in [2.05, 4.69) is 16.7 Å². The van der Waals surface area contributed by atoms with Crippen LogP contribution in [0.25, 0.3) is 11.1 Å². The van der Waals surface area contributed by atoms with E-state index in [-0.39, 0.29) is 10.6 Å². The smallest absolute Gasteiger partial charge is 0.241 e. The first-order valence-electron chi connectivity index (χ1n) is 8.71. The number of ether oxygens (including phenoxy) is 1. The number of benzene rings is 2. The molecule has 3 rings (SSSR count). The summed E-state index contributed by atoms with van der Waals surface area (Å²) in [6.07, 6.45) is 0. The van der Waals surface area contributed by atoms with Gasteiger partial charge in [-0.25, -0.2) is 13.6 Å². The summed E-state index contributed by atoms with van der Waals surface area (Å²) < 4.78 is 29.8. The molecule has 1 saturated heterocycles. The van der Waals surface area contributed by atoms with Crippen molar-refractivity contribution in [2.75, 3.05) is 44.7 Å². The maximum atomic E-state index is 12.2. The van der Waals surface area contributed by atoms with Crippen molar-refractivity contribution < 1.29 is 13.2 Å². The van der Waals surface area contributed by atoms with Crippen LogP contribution in [0.1, 0.15) is 6.92 Å². The Hall–Kier alpha value is -2.09. The van der Waals surface area contributed by atoms with E-state index >= 15 is 0 Å². The number of likely N-dealkylation sites (N-methyl/N-ethyl adjacent to an activating group) is 1. The third-order valence-corrected chi connectivity index (χ3v) is 5.74. The topological polar surface area (TPSA) is 75.9 Å². The second-order valence-corrected chi connectivity index (χ2v) is 7.89. The van der Waals surface area contributed by atoms with Gasteiger partial charge in [0.25, 0.3) is 0 Å². The molecule has 26 heavy (non-hydrogen) atoms. The molecule has 1 heterocycles. The average Bonchev–Trinajstić information content (AvgIpc) is 2.67. The van der Waals surface area contributed by atoms with Gasteiger partial charge in [0.05, 0.1) is 7.11 Å². The third kappa shape index (κ3) is 3.85. The summed E-state index contributed by atoms with van der Waals surface area (Å²) in [5.41, 5.74) is 2.47. The van der Waals surface area contributed by atoms with Crippen LogP contribution in [0.4, 0.5) is 5.69 Å². The van der Waals surface area contributed by atoms with Crippen LogP contribution in [-0.4, -0.2) is 53.2 Å². The number of nitrogens with zero attached hydrogens (tertiary/aromatic N) is 2. The third-order valence-electron chi connectivity index (χ3n) is 4.82. The molecule has 1 aliphatic rings. The van der Waals surface area contributed by atoms with Crippen molar-refractivity contribution in [3.8, 4) is 16.9 Å². The minimum Gasteiger partial charge on any atom is -0.495 e. The van der Waals surface area contributed by atoms with E-state index in [1.807, 2.05) is 36.4 Å². The monoisotopic (exact) mass is 375 g/mol. The number of anilines is 1. The number of primary sulfonamides is 1. The summed E-state index contributed by atoms with van der Waals surface area (Å²) in [6, 6.07) is 13.2. The van der Waals surface area contributed by atoms with Crippen molar-refractivity contribution >= 4 is 15.7 Å². The van der Waals surface area contributed by atoms with Crippen molar-refractivity contribution in [3.63, 3.8) is 0 Å². The van der Waals surface area contributed by atoms with Crippen molar-refractivity contribution in [3.05, 3.63) is 42.5 Å². The van der Waals surface area contributed by atoms with Gasteiger partial charge >= 0.3 is 0 Å². The van der Waals surface area contributed by atoms with Gasteiger partial charge in [0, 0.05) is 37.4 Å².